The third-order valence-corrected chi connectivity index (χ3v) is 3.39. The number of anilines is 1. The van der Waals surface area contributed by atoms with Crippen molar-refractivity contribution in [3.63, 3.8) is 0 Å². The second kappa shape index (κ2) is 7.60. The molecule has 8 nitrogen and oxygen atoms in total. The van der Waals surface area contributed by atoms with Crippen LogP contribution in [0.4, 0.5) is 5.95 Å². The van der Waals surface area contributed by atoms with Crippen molar-refractivity contribution < 1.29 is 19.0 Å². The van der Waals surface area contributed by atoms with Gasteiger partial charge in [-0.1, -0.05) is 6.07 Å². The highest BCUT2D eigenvalue weighted by molar-refractivity contribution is 5.93. The van der Waals surface area contributed by atoms with Crippen LogP contribution in [-0.4, -0.2) is 42.9 Å². The molecule has 0 radical (unpaired) electrons. The molecule has 0 fully saturated rings. The Labute approximate surface area is 139 Å². The lowest BCUT2D eigenvalue weighted by Gasteiger charge is -2.07. The van der Waals surface area contributed by atoms with E-state index >= 15 is 0 Å². The number of ether oxygens (including phenoxy) is 3. The van der Waals surface area contributed by atoms with Crippen LogP contribution >= 0.6 is 0 Å². The number of rotatable bonds is 7. The van der Waals surface area contributed by atoms with Gasteiger partial charge in [-0.15, -0.1) is 0 Å². The minimum absolute atomic E-state index is 0.229. The number of nitrogens with zero attached hydrogens (tertiary/aromatic N) is 2. The van der Waals surface area contributed by atoms with Gasteiger partial charge < -0.3 is 24.8 Å². The molecule has 0 aliphatic carbocycles. The van der Waals surface area contributed by atoms with Gasteiger partial charge in [0.1, 0.15) is 0 Å². The zero-order chi connectivity index (χ0) is 16.8. The largest absolute Gasteiger partial charge is 0.454 e. The number of carbonyl (C=O) groups is 1. The van der Waals surface area contributed by atoms with E-state index in [1.165, 1.54) is 12.4 Å². The quantitative estimate of drug-likeness (QED) is 0.736. The van der Waals surface area contributed by atoms with Gasteiger partial charge in [0.2, 0.25) is 12.7 Å². The summed E-state index contributed by atoms with van der Waals surface area (Å²) in [7, 11) is 1.62. The Morgan fingerprint density at radius 3 is 2.83 bits per heavy atom. The summed E-state index contributed by atoms with van der Waals surface area (Å²) < 4.78 is 15.5. The maximum atomic E-state index is 12.1. The Bertz CT molecular complexity index is 706. The number of fused-ring (bicyclic) bond motifs is 1. The van der Waals surface area contributed by atoms with Crippen LogP contribution in [0.2, 0.25) is 0 Å². The van der Waals surface area contributed by atoms with Crippen LogP contribution in [0, 0.1) is 0 Å². The monoisotopic (exact) mass is 330 g/mol. The molecule has 1 aromatic carbocycles. The number of nitrogens with one attached hydrogen (secondary N) is 2. The molecule has 1 aromatic heterocycles. The number of hydrogen-bond acceptors (Lipinski definition) is 7. The summed E-state index contributed by atoms with van der Waals surface area (Å²) in [6, 6.07) is 5.56. The predicted molar refractivity (Wildman–Crippen MR) is 86.1 cm³/mol. The Morgan fingerprint density at radius 1 is 1.25 bits per heavy atom. The number of hydrogen-bond donors (Lipinski definition) is 2. The molecule has 3 rings (SSSR count). The first kappa shape index (κ1) is 16.0. The molecule has 0 bridgehead atoms. The van der Waals surface area contributed by atoms with E-state index < -0.39 is 0 Å². The van der Waals surface area contributed by atoms with Gasteiger partial charge in [0.15, 0.2) is 11.5 Å². The summed E-state index contributed by atoms with van der Waals surface area (Å²) >= 11 is 0. The Balaban J connectivity index is 1.53. The van der Waals surface area contributed by atoms with Gasteiger partial charge in [-0.2, -0.15) is 0 Å². The zero-order valence-corrected chi connectivity index (χ0v) is 13.2. The van der Waals surface area contributed by atoms with Crippen LogP contribution in [0.3, 0.4) is 0 Å². The maximum absolute atomic E-state index is 12.1. The Morgan fingerprint density at radius 2 is 2.04 bits per heavy atom. The van der Waals surface area contributed by atoms with Crippen LogP contribution in [0.5, 0.6) is 11.5 Å². The maximum Gasteiger partial charge on any atom is 0.254 e. The van der Waals surface area contributed by atoms with E-state index in [9.17, 15) is 4.79 Å². The van der Waals surface area contributed by atoms with Crippen LogP contribution in [0.25, 0.3) is 0 Å². The van der Waals surface area contributed by atoms with Crippen molar-refractivity contribution in [1.29, 1.82) is 0 Å². The van der Waals surface area contributed by atoms with E-state index in [1.807, 2.05) is 18.2 Å². The molecule has 1 aliphatic rings. The zero-order valence-electron chi connectivity index (χ0n) is 13.2. The normalized spacial score (nSPS) is 12.0. The average Bonchev–Trinajstić information content (AvgIpc) is 3.08. The van der Waals surface area contributed by atoms with Crippen molar-refractivity contribution in [1.82, 2.24) is 15.3 Å². The highest BCUT2D eigenvalue weighted by Gasteiger charge is 2.14. The van der Waals surface area contributed by atoms with Crippen molar-refractivity contribution in [2.24, 2.45) is 0 Å². The number of benzene rings is 1. The van der Waals surface area contributed by atoms with E-state index in [4.69, 9.17) is 14.2 Å². The molecule has 0 spiro atoms. The second-order valence-corrected chi connectivity index (χ2v) is 5.09. The van der Waals surface area contributed by atoms with Crippen molar-refractivity contribution in [2.45, 2.75) is 6.54 Å². The molecular weight excluding hydrogens is 312 g/mol. The summed E-state index contributed by atoms with van der Waals surface area (Å²) in [6.07, 6.45) is 2.97. The third kappa shape index (κ3) is 3.90. The standard InChI is InChI=1S/C16H18N4O4/c1-22-5-4-17-16-19-8-12(9-20-16)15(21)18-7-11-2-3-13-14(6-11)24-10-23-13/h2-3,6,8-9H,4-5,7,10H2,1H3,(H,18,21)(H,17,19,20). The number of amides is 1. The molecule has 1 aliphatic heterocycles. The molecule has 1 amide bonds. The van der Waals surface area contributed by atoms with Gasteiger partial charge in [0.25, 0.3) is 5.91 Å². The lowest BCUT2D eigenvalue weighted by atomic mass is 10.2. The van der Waals surface area contributed by atoms with Gasteiger partial charge in [-0.25, -0.2) is 9.97 Å². The molecule has 0 unspecified atom stereocenters. The number of carbonyl (C=O) groups excluding carboxylic acids is 1. The first-order valence-electron chi connectivity index (χ1n) is 7.48. The minimum Gasteiger partial charge on any atom is -0.454 e. The lowest BCUT2D eigenvalue weighted by Crippen LogP contribution is -2.23. The van der Waals surface area contributed by atoms with E-state index in [1.54, 1.807) is 7.11 Å². The predicted octanol–water partition coefficient (Wildman–Crippen LogP) is 1.19. The third-order valence-electron chi connectivity index (χ3n) is 3.39. The van der Waals surface area contributed by atoms with E-state index in [0.29, 0.717) is 37.0 Å². The fourth-order valence-electron chi connectivity index (χ4n) is 2.14. The Kier molecular flexibility index (Phi) is 5.07. The molecule has 8 heteroatoms. The average molecular weight is 330 g/mol. The molecule has 0 atom stereocenters. The number of aromatic nitrogens is 2. The van der Waals surface area contributed by atoms with Gasteiger partial charge in [-0.3, -0.25) is 4.79 Å². The molecule has 2 heterocycles. The highest BCUT2D eigenvalue weighted by atomic mass is 16.7. The molecule has 126 valence electrons. The smallest absolute Gasteiger partial charge is 0.254 e. The van der Waals surface area contributed by atoms with Gasteiger partial charge in [-0.05, 0) is 17.7 Å². The summed E-state index contributed by atoms with van der Waals surface area (Å²) in [5.74, 6) is 1.63. The van der Waals surface area contributed by atoms with Crippen molar-refractivity contribution >= 4 is 11.9 Å². The number of methoxy groups -OCH3 is 1. The first-order valence-corrected chi connectivity index (χ1v) is 7.48. The second-order valence-electron chi connectivity index (χ2n) is 5.09. The van der Waals surface area contributed by atoms with Gasteiger partial charge in [0, 0.05) is 32.6 Å². The van der Waals surface area contributed by atoms with Crippen molar-refractivity contribution in [3.05, 3.63) is 41.7 Å². The first-order chi connectivity index (χ1) is 11.8. The van der Waals surface area contributed by atoms with Crippen LogP contribution in [0.1, 0.15) is 15.9 Å². The van der Waals surface area contributed by atoms with Gasteiger partial charge in [0.05, 0.1) is 12.2 Å². The summed E-state index contributed by atoms with van der Waals surface area (Å²) in [5, 5.41) is 5.81. The van der Waals surface area contributed by atoms with Gasteiger partial charge >= 0.3 is 0 Å². The van der Waals surface area contributed by atoms with E-state index in [2.05, 4.69) is 20.6 Å². The molecule has 0 saturated carbocycles. The molecule has 2 N–H and O–H groups in total. The van der Waals surface area contributed by atoms with Crippen LogP contribution in [-0.2, 0) is 11.3 Å². The minimum atomic E-state index is -0.240. The van der Waals surface area contributed by atoms with E-state index in [-0.39, 0.29) is 12.7 Å². The summed E-state index contributed by atoms with van der Waals surface area (Å²) in [5.41, 5.74) is 1.32. The molecule has 24 heavy (non-hydrogen) atoms. The van der Waals surface area contributed by atoms with Crippen molar-refractivity contribution in [2.75, 3.05) is 32.4 Å². The van der Waals surface area contributed by atoms with Crippen LogP contribution < -0.4 is 20.1 Å². The van der Waals surface area contributed by atoms with Crippen LogP contribution in [0.15, 0.2) is 30.6 Å². The van der Waals surface area contributed by atoms with E-state index in [0.717, 1.165) is 11.3 Å². The summed E-state index contributed by atoms with van der Waals surface area (Å²) in [4.78, 5) is 20.3. The van der Waals surface area contributed by atoms with Crippen molar-refractivity contribution in [3.8, 4) is 11.5 Å². The topological polar surface area (TPSA) is 94.6 Å². The fourth-order valence-corrected chi connectivity index (χ4v) is 2.14. The fraction of sp³-hybridized carbons (Fsp3) is 0.312. The molecule has 0 saturated heterocycles. The SMILES string of the molecule is COCCNc1ncc(C(=O)NCc2ccc3c(c2)OCO3)cn1. The lowest BCUT2D eigenvalue weighted by molar-refractivity contribution is 0.0950. The molecule has 2 aromatic rings. The molecular formula is C16H18N4O4. The highest BCUT2D eigenvalue weighted by Crippen LogP contribution is 2.32. The Hall–Kier alpha value is -2.87. The summed E-state index contributed by atoms with van der Waals surface area (Å²) in [6.45, 7) is 1.77.